The van der Waals surface area contributed by atoms with Crippen LogP contribution in [-0.4, -0.2) is 10.3 Å². The molecule has 4 nitrogen and oxygen atoms in total. The second-order valence-corrected chi connectivity index (χ2v) is 3.18. The molecule has 0 aliphatic heterocycles. The van der Waals surface area contributed by atoms with Crippen molar-refractivity contribution in [2.24, 2.45) is 0 Å². The zero-order valence-corrected chi connectivity index (χ0v) is 7.82. The predicted octanol–water partition coefficient (Wildman–Crippen LogP) is 2.28. The van der Waals surface area contributed by atoms with Crippen LogP contribution in [0.4, 0.5) is 5.88 Å². The summed E-state index contributed by atoms with van der Waals surface area (Å²) in [6, 6.07) is 4.77. The van der Waals surface area contributed by atoms with E-state index in [4.69, 9.17) is 21.9 Å². The number of nitrogens with zero attached hydrogens (tertiary/aromatic N) is 1. The van der Waals surface area contributed by atoms with Crippen molar-refractivity contribution in [1.29, 1.82) is 0 Å². The van der Waals surface area contributed by atoms with Crippen LogP contribution in [0.3, 0.4) is 0 Å². The lowest BCUT2D eigenvalue weighted by Gasteiger charge is -2.00. The summed E-state index contributed by atoms with van der Waals surface area (Å²) in [7, 11) is 0. The number of anilines is 1. The third kappa shape index (κ3) is 1.40. The van der Waals surface area contributed by atoms with Gasteiger partial charge in [0.15, 0.2) is 0 Å². The van der Waals surface area contributed by atoms with E-state index in [-0.39, 0.29) is 16.7 Å². The summed E-state index contributed by atoms with van der Waals surface area (Å²) in [5.41, 5.74) is 6.94. The Morgan fingerprint density at radius 3 is 2.79 bits per heavy atom. The number of benzene rings is 1. The second-order valence-electron chi connectivity index (χ2n) is 2.77. The number of nitrogen functional groups attached to an aromatic ring is 1. The van der Waals surface area contributed by atoms with Gasteiger partial charge in [-0.3, -0.25) is 0 Å². The van der Waals surface area contributed by atoms with Crippen molar-refractivity contribution in [2.75, 3.05) is 5.73 Å². The van der Waals surface area contributed by atoms with Gasteiger partial charge in [-0.2, -0.15) is 0 Å². The van der Waals surface area contributed by atoms with Crippen LogP contribution in [0.5, 0.6) is 5.75 Å². The molecule has 0 unspecified atom stereocenters. The number of nitrogens with two attached hydrogens (primary N) is 1. The minimum absolute atomic E-state index is 0.0328. The topological polar surface area (TPSA) is 72.3 Å². The lowest BCUT2D eigenvalue weighted by Crippen LogP contribution is -1.84. The van der Waals surface area contributed by atoms with Crippen molar-refractivity contribution in [3.63, 3.8) is 0 Å². The molecule has 14 heavy (non-hydrogen) atoms. The van der Waals surface area contributed by atoms with Gasteiger partial charge >= 0.3 is 0 Å². The van der Waals surface area contributed by atoms with Gasteiger partial charge in [-0.05, 0) is 17.7 Å². The Kier molecular flexibility index (Phi) is 2.05. The van der Waals surface area contributed by atoms with Crippen molar-refractivity contribution in [1.82, 2.24) is 5.16 Å². The van der Waals surface area contributed by atoms with E-state index in [2.05, 4.69) is 5.16 Å². The predicted molar refractivity (Wildman–Crippen MR) is 53.0 cm³/mol. The Bertz CT molecular complexity index is 468. The van der Waals surface area contributed by atoms with Gasteiger partial charge in [0.25, 0.3) is 0 Å². The van der Waals surface area contributed by atoms with Crippen molar-refractivity contribution in [3.05, 3.63) is 29.4 Å². The lowest BCUT2D eigenvalue weighted by atomic mass is 10.1. The third-order valence-corrected chi connectivity index (χ3v) is 2.16. The zero-order chi connectivity index (χ0) is 10.1. The number of hydrogen-bond acceptors (Lipinski definition) is 4. The number of aromatic hydroxyl groups is 1. The van der Waals surface area contributed by atoms with E-state index in [1.54, 1.807) is 12.1 Å². The van der Waals surface area contributed by atoms with Gasteiger partial charge in [-0.15, -0.1) is 0 Å². The van der Waals surface area contributed by atoms with E-state index in [0.717, 1.165) is 5.56 Å². The minimum atomic E-state index is 0.0328. The molecule has 0 saturated carbocycles. The monoisotopic (exact) mass is 210 g/mol. The average Bonchev–Trinajstić information content (AvgIpc) is 2.57. The van der Waals surface area contributed by atoms with Crippen LogP contribution < -0.4 is 5.73 Å². The van der Waals surface area contributed by atoms with E-state index in [1.165, 1.54) is 12.3 Å². The van der Waals surface area contributed by atoms with Gasteiger partial charge in [0.2, 0.25) is 5.88 Å². The molecule has 3 N–H and O–H groups in total. The van der Waals surface area contributed by atoms with Crippen LogP contribution in [0.2, 0.25) is 5.02 Å². The number of phenolic OH excluding ortho intramolecular Hbond substituents is 1. The first kappa shape index (κ1) is 8.90. The number of aromatic nitrogens is 1. The molecule has 0 radical (unpaired) electrons. The molecule has 2 aromatic rings. The van der Waals surface area contributed by atoms with E-state index >= 15 is 0 Å². The highest BCUT2D eigenvalue weighted by molar-refractivity contribution is 6.32. The third-order valence-electron chi connectivity index (χ3n) is 1.86. The molecule has 0 bridgehead atoms. The molecule has 1 heterocycles. The number of phenols is 1. The van der Waals surface area contributed by atoms with Gasteiger partial charge in [-0.1, -0.05) is 22.8 Å². The van der Waals surface area contributed by atoms with E-state index < -0.39 is 0 Å². The normalized spacial score (nSPS) is 10.4. The summed E-state index contributed by atoms with van der Waals surface area (Å²) in [5.74, 6) is 0.261. The Balaban J connectivity index is 2.53. The number of hydrogen-bond donors (Lipinski definition) is 2. The fraction of sp³-hybridized carbons (Fsp3) is 0. The molecule has 0 aliphatic carbocycles. The van der Waals surface area contributed by atoms with Crippen LogP contribution in [0.15, 0.2) is 28.9 Å². The first-order valence-corrected chi connectivity index (χ1v) is 4.25. The first-order chi connectivity index (χ1) is 6.68. The standard InChI is InChI=1S/C9H7ClN2O2/c10-7-3-5(1-2-8(7)13)6-4-12-14-9(6)11/h1-4,13H,11H2. The van der Waals surface area contributed by atoms with Crippen LogP contribution >= 0.6 is 11.6 Å². The van der Waals surface area contributed by atoms with Gasteiger partial charge in [0, 0.05) is 0 Å². The average molecular weight is 211 g/mol. The molecule has 0 atom stereocenters. The van der Waals surface area contributed by atoms with Crippen molar-refractivity contribution in [3.8, 4) is 16.9 Å². The van der Waals surface area contributed by atoms with Crippen molar-refractivity contribution in [2.45, 2.75) is 0 Å². The smallest absolute Gasteiger partial charge is 0.229 e. The molecule has 2 rings (SSSR count). The molecule has 5 heteroatoms. The van der Waals surface area contributed by atoms with Crippen LogP contribution in [0.25, 0.3) is 11.1 Å². The Morgan fingerprint density at radius 2 is 2.21 bits per heavy atom. The summed E-state index contributed by atoms with van der Waals surface area (Å²) in [5, 5.41) is 13.0. The molecule has 0 aliphatic rings. The fourth-order valence-corrected chi connectivity index (χ4v) is 1.32. The molecule has 1 aromatic carbocycles. The SMILES string of the molecule is Nc1oncc1-c1ccc(O)c(Cl)c1. The van der Waals surface area contributed by atoms with Gasteiger partial charge in [0.05, 0.1) is 16.8 Å². The van der Waals surface area contributed by atoms with Gasteiger partial charge < -0.3 is 15.4 Å². The summed E-state index contributed by atoms with van der Waals surface area (Å²) in [4.78, 5) is 0. The fourth-order valence-electron chi connectivity index (χ4n) is 1.14. The summed E-state index contributed by atoms with van der Waals surface area (Å²) >= 11 is 5.74. The van der Waals surface area contributed by atoms with Gasteiger partial charge in [-0.25, -0.2) is 0 Å². The number of halogens is 1. The maximum absolute atomic E-state index is 9.21. The van der Waals surface area contributed by atoms with Crippen molar-refractivity contribution < 1.29 is 9.63 Å². The van der Waals surface area contributed by atoms with Gasteiger partial charge in [0.1, 0.15) is 5.75 Å². The quantitative estimate of drug-likeness (QED) is 0.758. The molecule has 0 amide bonds. The first-order valence-electron chi connectivity index (χ1n) is 3.87. The second kappa shape index (κ2) is 3.23. The highest BCUT2D eigenvalue weighted by Gasteiger charge is 2.08. The highest BCUT2D eigenvalue weighted by Crippen LogP contribution is 2.31. The Labute approximate surface area is 84.9 Å². The molecule has 0 fully saturated rings. The summed E-state index contributed by atoms with van der Waals surface area (Å²) in [6.45, 7) is 0. The maximum Gasteiger partial charge on any atom is 0.229 e. The molecule has 72 valence electrons. The zero-order valence-electron chi connectivity index (χ0n) is 7.07. The largest absolute Gasteiger partial charge is 0.506 e. The highest BCUT2D eigenvalue weighted by atomic mass is 35.5. The lowest BCUT2D eigenvalue weighted by molar-refractivity contribution is 0.436. The molecular weight excluding hydrogens is 204 g/mol. The molecular formula is C9H7ClN2O2. The molecule has 0 saturated heterocycles. The van der Waals surface area contributed by atoms with Crippen LogP contribution in [-0.2, 0) is 0 Å². The minimum Gasteiger partial charge on any atom is -0.506 e. The molecule has 1 aromatic heterocycles. The van der Waals surface area contributed by atoms with E-state index in [1.807, 2.05) is 0 Å². The summed E-state index contributed by atoms with van der Waals surface area (Å²) in [6.07, 6.45) is 1.50. The maximum atomic E-state index is 9.21. The molecule has 0 spiro atoms. The van der Waals surface area contributed by atoms with E-state index in [9.17, 15) is 5.11 Å². The summed E-state index contributed by atoms with van der Waals surface area (Å²) < 4.78 is 4.71. The van der Waals surface area contributed by atoms with Crippen LogP contribution in [0, 0.1) is 0 Å². The van der Waals surface area contributed by atoms with E-state index in [0.29, 0.717) is 5.56 Å². The Hall–Kier alpha value is -1.68. The number of rotatable bonds is 1. The Morgan fingerprint density at radius 1 is 1.43 bits per heavy atom. The van der Waals surface area contributed by atoms with Crippen molar-refractivity contribution >= 4 is 17.5 Å². The van der Waals surface area contributed by atoms with Crippen LogP contribution in [0.1, 0.15) is 0 Å².